The molecule has 0 aromatic carbocycles. The summed E-state index contributed by atoms with van der Waals surface area (Å²) in [6.45, 7) is 0. The van der Waals surface area contributed by atoms with E-state index in [1.165, 1.54) is 17.1 Å². The number of hydrogen-bond donors (Lipinski definition) is 2. The fourth-order valence-corrected chi connectivity index (χ4v) is 1.41. The van der Waals surface area contributed by atoms with Gasteiger partial charge in [-0.25, -0.2) is 9.97 Å². The van der Waals surface area contributed by atoms with Crippen molar-refractivity contribution in [3.8, 4) is 0 Å². The normalized spacial score (nSPS) is 10.2. The molecule has 0 fully saturated rings. The number of nitrogens with one attached hydrogen (secondary N) is 1. The van der Waals surface area contributed by atoms with Gasteiger partial charge in [-0.15, -0.1) is 0 Å². The first kappa shape index (κ1) is 11.3. The van der Waals surface area contributed by atoms with Crippen LogP contribution in [-0.2, 0) is 7.05 Å². The summed E-state index contributed by atoms with van der Waals surface area (Å²) in [4.78, 5) is 19.3. The van der Waals surface area contributed by atoms with E-state index in [1.54, 1.807) is 13.2 Å². The molecule has 3 N–H and O–H groups in total. The highest BCUT2D eigenvalue weighted by molar-refractivity contribution is 6.29. The fraction of sp³-hybridized carbons (Fsp3) is 0.111. The Balaban J connectivity index is 2.20. The minimum absolute atomic E-state index is 0.141. The summed E-state index contributed by atoms with van der Waals surface area (Å²) in [5.74, 6) is -0.155. The molecule has 1 amide bonds. The molecule has 0 aliphatic carbocycles. The Labute approximate surface area is 102 Å². The van der Waals surface area contributed by atoms with Gasteiger partial charge in [0.25, 0.3) is 5.91 Å². The van der Waals surface area contributed by atoms with Gasteiger partial charge in [0.05, 0.1) is 5.69 Å². The Kier molecular flexibility index (Phi) is 2.92. The maximum Gasteiger partial charge on any atom is 0.279 e. The summed E-state index contributed by atoms with van der Waals surface area (Å²) in [5.41, 5.74) is 6.06. The second-order valence-electron chi connectivity index (χ2n) is 3.29. The monoisotopic (exact) mass is 252 g/mol. The Morgan fingerprint density at radius 3 is 2.88 bits per heavy atom. The molecule has 0 bridgehead atoms. The molecule has 0 aliphatic heterocycles. The third-order valence-corrected chi connectivity index (χ3v) is 2.15. The molecule has 7 nitrogen and oxygen atoms in total. The Morgan fingerprint density at radius 1 is 1.53 bits per heavy atom. The summed E-state index contributed by atoms with van der Waals surface area (Å²) < 4.78 is 1.46. The Hall–Kier alpha value is -2.15. The quantitative estimate of drug-likeness (QED) is 0.767. The Bertz CT molecular complexity index is 566. The molecule has 17 heavy (non-hydrogen) atoms. The van der Waals surface area contributed by atoms with Crippen LogP contribution >= 0.6 is 11.6 Å². The molecule has 0 saturated carbocycles. The molecule has 2 aromatic rings. The predicted molar refractivity (Wildman–Crippen MR) is 62.6 cm³/mol. The molecule has 0 radical (unpaired) electrons. The molecule has 0 aliphatic rings. The van der Waals surface area contributed by atoms with Crippen molar-refractivity contribution in [3.05, 3.63) is 29.4 Å². The molecular formula is C9H9ClN6O. The van der Waals surface area contributed by atoms with Crippen molar-refractivity contribution in [2.75, 3.05) is 11.1 Å². The van der Waals surface area contributed by atoms with E-state index in [0.29, 0.717) is 11.5 Å². The van der Waals surface area contributed by atoms with Crippen molar-refractivity contribution in [3.63, 3.8) is 0 Å². The van der Waals surface area contributed by atoms with Crippen molar-refractivity contribution in [2.45, 2.75) is 0 Å². The van der Waals surface area contributed by atoms with E-state index in [-0.39, 0.29) is 10.8 Å². The van der Waals surface area contributed by atoms with Crippen LogP contribution in [0.5, 0.6) is 0 Å². The molecule has 0 saturated heterocycles. The number of nitrogens with zero attached hydrogens (tertiary/aromatic N) is 4. The average Bonchev–Trinajstić information content (AvgIpc) is 2.58. The molecule has 2 aromatic heterocycles. The van der Waals surface area contributed by atoms with E-state index in [2.05, 4.69) is 20.4 Å². The molecular weight excluding hydrogens is 244 g/mol. The van der Waals surface area contributed by atoms with Gasteiger partial charge in [-0.3, -0.25) is 9.48 Å². The van der Waals surface area contributed by atoms with E-state index in [4.69, 9.17) is 17.3 Å². The van der Waals surface area contributed by atoms with Crippen LogP contribution in [0, 0.1) is 0 Å². The second-order valence-corrected chi connectivity index (χ2v) is 3.67. The molecule has 2 rings (SSSR count). The number of carbonyl (C=O) groups is 1. The minimum Gasteiger partial charge on any atom is -0.396 e. The zero-order valence-electron chi connectivity index (χ0n) is 8.88. The third kappa shape index (κ3) is 2.51. The van der Waals surface area contributed by atoms with Gasteiger partial charge in [-0.2, -0.15) is 5.10 Å². The number of hydrogen-bond acceptors (Lipinski definition) is 5. The zero-order chi connectivity index (χ0) is 12.4. The maximum absolute atomic E-state index is 11.8. The van der Waals surface area contributed by atoms with Crippen LogP contribution < -0.4 is 11.1 Å². The number of aromatic nitrogens is 4. The van der Waals surface area contributed by atoms with Crippen LogP contribution in [0.15, 0.2) is 18.6 Å². The van der Waals surface area contributed by atoms with Crippen LogP contribution in [0.25, 0.3) is 0 Å². The predicted octanol–water partition coefficient (Wildman–Crippen LogP) is 0.698. The lowest BCUT2D eigenvalue weighted by Crippen LogP contribution is -2.15. The number of nitrogens with two attached hydrogens (primary N) is 1. The SMILES string of the molecule is Cn1cc(N)c(C(=O)Nc2cc(Cl)ncn2)n1. The molecule has 0 spiro atoms. The number of halogens is 1. The van der Waals surface area contributed by atoms with Gasteiger partial charge >= 0.3 is 0 Å². The zero-order valence-corrected chi connectivity index (χ0v) is 9.64. The van der Waals surface area contributed by atoms with Gasteiger partial charge < -0.3 is 11.1 Å². The van der Waals surface area contributed by atoms with Gasteiger partial charge in [-0.05, 0) is 0 Å². The lowest BCUT2D eigenvalue weighted by molar-refractivity contribution is 0.102. The van der Waals surface area contributed by atoms with Crippen LogP contribution in [-0.4, -0.2) is 25.7 Å². The van der Waals surface area contributed by atoms with Crippen molar-refractivity contribution >= 4 is 29.0 Å². The third-order valence-electron chi connectivity index (χ3n) is 1.95. The number of rotatable bonds is 2. The summed E-state index contributed by atoms with van der Waals surface area (Å²) in [6, 6.07) is 1.43. The first-order chi connectivity index (χ1) is 8.06. The van der Waals surface area contributed by atoms with Crippen LogP contribution in [0.3, 0.4) is 0 Å². The highest BCUT2D eigenvalue weighted by Crippen LogP contribution is 2.12. The van der Waals surface area contributed by atoms with E-state index >= 15 is 0 Å². The molecule has 0 unspecified atom stereocenters. The maximum atomic E-state index is 11.8. The largest absolute Gasteiger partial charge is 0.396 e. The summed E-state index contributed by atoms with van der Waals surface area (Å²) >= 11 is 5.66. The van der Waals surface area contributed by atoms with Gasteiger partial charge in [0.2, 0.25) is 0 Å². The Morgan fingerprint density at radius 2 is 2.29 bits per heavy atom. The second kappa shape index (κ2) is 4.38. The van der Waals surface area contributed by atoms with Gasteiger partial charge in [0, 0.05) is 19.3 Å². The average molecular weight is 253 g/mol. The molecule has 8 heteroatoms. The van der Waals surface area contributed by atoms with Crippen LogP contribution in [0.4, 0.5) is 11.5 Å². The summed E-state index contributed by atoms with van der Waals surface area (Å²) in [7, 11) is 1.68. The lowest BCUT2D eigenvalue weighted by atomic mass is 10.3. The lowest BCUT2D eigenvalue weighted by Gasteiger charge is -2.02. The van der Waals surface area contributed by atoms with E-state index in [9.17, 15) is 4.79 Å². The highest BCUT2D eigenvalue weighted by Gasteiger charge is 2.14. The van der Waals surface area contributed by atoms with Crippen molar-refractivity contribution in [1.29, 1.82) is 0 Å². The first-order valence-corrected chi connectivity index (χ1v) is 5.02. The number of amides is 1. The van der Waals surface area contributed by atoms with Crippen molar-refractivity contribution < 1.29 is 4.79 Å². The highest BCUT2D eigenvalue weighted by atomic mass is 35.5. The smallest absolute Gasteiger partial charge is 0.279 e. The molecule has 2 heterocycles. The first-order valence-electron chi connectivity index (χ1n) is 4.64. The standard InChI is InChI=1S/C9H9ClN6O/c1-16-3-5(11)8(15-16)9(17)14-7-2-6(10)12-4-13-7/h2-4H,11H2,1H3,(H,12,13,14,17). The number of nitrogen functional groups attached to an aromatic ring is 1. The topological polar surface area (TPSA) is 98.7 Å². The van der Waals surface area contributed by atoms with Gasteiger partial charge in [0.1, 0.15) is 17.3 Å². The van der Waals surface area contributed by atoms with Crippen molar-refractivity contribution in [1.82, 2.24) is 19.7 Å². The minimum atomic E-state index is -0.446. The summed E-state index contributed by atoms with van der Waals surface area (Å²) in [6.07, 6.45) is 2.79. The van der Waals surface area contributed by atoms with Gasteiger partial charge in [0.15, 0.2) is 5.69 Å². The fourth-order valence-electron chi connectivity index (χ4n) is 1.26. The molecule has 0 atom stereocenters. The number of carbonyl (C=O) groups excluding carboxylic acids is 1. The number of aryl methyl sites for hydroxylation is 1. The van der Waals surface area contributed by atoms with Crippen molar-refractivity contribution in [2.24, 2.45) is 7.05 Å². The van der Waals surface area contributed by atoms with Gasteiger partial charge in [-0.1, -0.05) is 11.6 Å². The number of anilines is 2. The van der Waals surface area contributed by atoms with Crippen LogP contribution in [0.1, 0.15) is 10.5 Å². The van der Waals surface area contributed by atoms with E-state index in [1.807, 2.05) is 0 Å². The van der Waals surface area contributed by atoms with E-state index < -0.39 is 5.91 Å². The molecule has 88 valence electrons. The van der Waals surface area contributed by atoms with Crippen LogP contribution in [0.2, 0.25) is 5.15 Å². The summed E-state index contributed by atoms with van der Waals surface area (Å²) in [5, 5.41) is 6.69. The van der Waals surface area contributed by atoms with E-state index in [0.717, 1.165) is 0 Å².